The normalized spacial score (nSPS) is 18.4. The van der Waals surface area contributed by atoms with E-state index in [1.54, 1.807) is 36.4 Å². The third-order valence-corrected chi connectivity index (χ3v) is 17.8. The summed E-state index contributed by atoms with van der Waals surface area (Å²) in [5.74, 6) is 3.86. The largest absolute Gasteiger partial charge is 0.490 e. The Balaban J connectivity index is 1.36. The van der Waals surface area contributed by atoms with Gasteiger partial charge in [0.25, 0.3) is 0 Å². The number of rotatable bonds is 26. The zero-order chi connectivity index (χ0) is 51.9. The van der Waals surface area contributed by atoms with Crippen molar-refractivity contribution in [3.63, 3.8) is 0 Å². The Morgan fingerprint density at radius 3 is 2.31 bits per heavy atom. The van der Waals surface area contributed by atoms with Crippen LogP contribution in [0.5, 0.6) is 0 Å². The monoisotopic (exact) mass is 1120 g/mol. The average Bonchev–Trinajstić information content (AvgIpc) is 3.88. The molecule has 2 aromatic carbocycles. The second-order valence-electron chi connectivity index (χ2n) is 14.7. The first-order valence-electron chi connectivity index (χ1n) is 20.8. The fourth-order valence-electron chi connectivity index (χ4n) is 6.81. The predicted molar refractivity (Wildman–Crippen MR) is 268 cm³/mol. The number of ether oxygens (including phenoxy) is 5. The molecule has 1 fully saturated rings. The quantitative estimate of drug-likeness (QED) is 0.0122. The number of amides is 1. The van der Waals surface area contributed by atoms with Gasteiger partial charge in [-0.05, 0) is 61.8 Å². The fourth-order valence-corrected chi connectivity index (χ4v) is 13.4. The van der Waals surface area contributed by atoms with Gasteiger partial charge in [-0.25, -0.2) is 33.3 Å². The maximum atomic E-state index is 13.8. The van der Waals surface area contributed by atoms with Crippen molar-refractivity contribution < 1.29 is 84.5 Å². The molecule has 3 heterocycles. The number of aromatic nitrogens is 3. The van der Waals surface area contributed by atoms with Gasteiger partial charge in [-0.15, -0.1) is 0 Å². The lowest BCUT2D eigenvalue weighted by atomic mass is 10.0. The number of esters is 2. The van der Waals surface area contributed by atoms with Gasteiger partial charge in [0.2, 0.25) is 5.91 Å². The summed E-state index contributed by atoms with van der Waals surface area (Å²) >= 11 is 0. The number of phosphoric acid groups is 3. The van der Waals surface area contributed by atoms with Crippen molar-refractivity contribution in [2.75, 3.05) is 69.7 Å². The van der Waals surface area contributed by atoms with Crippen molar-refractivity contribution in [1.82, 2.24) is 14.5 Å². The van der Waals surface area contributed by atoms with Crippen molar-refractivity contribution >= 4 is 107 Å². The third-order valence-electron chi connectivity index (χ3n) is 9.66. The standard InChI is InChI=1S/C40H51N6O18P3S4/c1-24(70-68-3)28-9-5-6-10-29(28)40(49)62-32-19-35(61-33(32)21-60-66(53,54)64-67(55,56)63-65(50,51)52)46-20-26(36-37(42)43-23-44-38(36)46)8-7-14-59-39(48)30-12-11-27(18-31(30)25(2)71-69-4)45-34(47)22-58-17-16-57-15-13-41/h5-6,9-12,18,20,23-25,32-33,35H,13-17,19,21-22,41H2,1-4H3,(H,45,47)(H,53,54)(H,55,56)(H2,42,43,44)(H2,50,51,52)/t24?,25?,32?,33-,35-/m1/s1. The smallest absolute Gasteiger partial charge is 0.456 e. The molecule has 5 rings (SSSR count). The topological polar surface area (TPSA) is 352 Å². The highest BCUT2D eigenvalue weighted by Gasteiger charge is 2.45. The molecule has 31 heteroatoms. The number of anilines is 2. The van der Waals surface area contributed by atoms with Crippen LogP contribution in [-0.4, -0.2) is 123 Å². The van der Waals surface area contributed by atoms with E-state index in [1.807, 2.05) is 26.4 Å². The van der Waals surface area contributed by atoms with E-state index in [0.29, 0.717) is 30.0 Å². The van der Waals surface area contributed by atoms with Crippen LogP contribution in [0.25, 0.3) is 11.0 Å². The van der Waals surface area contributed by atoms with Crippen molar-refractivity contribution in [2.45, 2.75) is 49.2 Å². The molecule has 1 amide bonds. The van der Waals surface area contributed by atoms with Crippen LogP contribution in [0.3, 0.4) is 0 Å². The van der Waals surface area contributed by atoms with E-state index in [0.717, 1.165) is 0 Å². The first-order chi connectivity index (χ1) is 33.7. The number of carbonyl (C=O) groups is 3. The Morgan fingerprint density at radius 1 is 0.915 bits per heavy atom. The summed E-state index contributed by atoms with van der Waals surface area (Å²) in [5, 5.41) is 2.68. The number of fused-ring (bicyclic) bond motifs is 1. The van der Waals surface area contributed by atoms with Crippen LogP contribution in [0.15, 0.2) is 55.0 Å². The summed E-state index contributed by atoms with van der Waals surface area (Å²) in [7, 11) is -11.2. The molecule has 1 aliphatic heterocycles. The first kappa shape index (κ1) is 58.4. The van der Waals surface area contributed by atoms with Gasteiger partial charge in [-0.2, -0.15) is 8.62 Å². The lowest BCUT2D eigenvalue weighted by Gasteiger charge is -2.22. The highest BCUT2D eigenvalue weighted by atomic mass is 33.1. The Morgan fingerprint density at radius 2 is 1.61 bits per heavy atom. The van der Waals surface area contributed by atoms with Gasteiger partial charge in [-0.3, -0.25) is 9.32 Å². The van der Waals surface area contributed by atoms with Crippen LogP contribution in [-0.2, 0) is 55.3 Å². The lowest BCUT2D eigenvalue weighted by molar-refractivity contribution is -0.121. The third kappa shape index (κ3) is 17.6. The molecule has 9 N–H and O–H groups in total. The number of nitrogens with two attached hydrogens (primary N) is 2. The van der Waals surface area contributed by atoms with Crippen LogP contribution in [0.2, 0.25) is 0 Å². The number of carbonyl (C=O) groups excluding carboxylic acids is 3. The van der Waals surface area contributed by atoms with Gasteiger partial charge < -0.3 is 64.6 Å². The summed E-state index contributed by atoms with van der Waals surface area (Å²) in [6.07, 6.45) is 2.57. The van der Waals surface area contributed by atoms with E-state index in [-0.39, 0.29) is 76.9 Å². The minimum atomic E-state index is -5.86. The zero-order valence-corrected chi connectivity index (χ0v) is 44.2. The minimum absolute atomic E-state index is 0.00858. The van der Waals surface area contributed by atoms with Crippen LogP contribution in [0, 0.1) is 11.8 Å². The molecule has 0 bridgehead atoms. The van der Waals surface area contributed by atoms with E-state index < -0.39 is 66.4 Å². The van der Waals surface area contributed by atoms with E-state index in [4.69, 9.17) is 49.5 Å². The van der Waals surface area contributed by atoms with E-state index >= 15 is 0 Å². The molecule has 0 aliphatic carbocycles. The zero-order valence-electron chi connectivity index (χ0n) is 38.2. The second kappa shape index (κ2) is 27.1. The number of nitrogens with one attached hydrogen (secondary N) is 1. The van der Waals surface area contributed by atoms with Crippen molar-refractivity contribution in [2.24, 2.45) is 5.73 Å². The SMILES string of the molecule is CSSC(C)c1cc(NC(=O)COCCOCCN)ccc1C(=O)OCC#Cc1cn([C@H]2CC(OC(=O)c3ccccc3C(C)SSC)[C@@H](COP(=O)(O)OP(=O)(O)OP(=O)(O)O)O2)c2ncnc(N)c12. The minimum Gasteiger partial charge on any atom is -0.456 e. The van der Waals surface area contributed by atoms with Crippen LogP contribution < -0.4 is 16.8 Å². The molecule has 24 nitrogen and oxygen atoms in total. The fraction of sp³-hybridized carbons (Fsp3) is 0.425. The summed E-state index contributed by atoms with van der Waals surface area (Å²) in [6.45, 7) is 3.51. The maximum absolute atomic E-state index is 13.8. The van der Waals surface area contributed by atoms with Gasteiger partial charge >= 0.3 is 35.4 Å². The van der Waals surface area contributed by atoms with E-state index in [1.165, 1.54) is 66.3 Å². The van der Waals surface area contributed by atoms with Gasteiger partial charge in [0, 0.05) is 35.3 Å². The van der Waals surface area contributed by atoms with Gasteiger partial charge in [0.05, 0.1) is 48.5 Å². The lowest BCUT2D eigenvalue weighted by Crippen LogP contribution is -2.31. The van der Waals surface area contributed by atoms with Crippen LogP contribution >= 0.6 is 66.6 Å². The van der Waals surface area contributed by atoms with Gasteiger partial charge in [-0.1, -0.05) is 73.2 Å². The molecule has 1 saturated heterocycles. The Labute approximate surface area is 423 Å². The molecule has 2 aromatic heterocycles. The van der Waals surface area contributed by atoms with Gasteiger partial charge in [0.15, 0.2) is 6.61 Å². The van der Waals surface area contributed by atoms with Gasteiger partial charge in [0.1, 0.15) is 42.8 Å². The average molecular weight is 1130 g/mol. The van der Waals surface area contributed by atoms with Crippen molar-refractivity contribution in [1.29, 1.82) is 0 Å². The molecule has 0 spiro atoms. The number of phosphoric ester groups is 1. The summed E-state index contributed by atoms with van der Waals surface area (Å²) in [4.78, 5) is 86.2. The Bertz CT molecular complexity index is 2730. The summed E-state index contributed by atoms with van der Waals surface area (Å²) in [6, 6.07) is 11.5. The van der Waals surface area contributed by atoms with Crippen LogP contribution in [0.4, 0.5) is 11.5 Å². The second-order valence-corrected chi connectivity index (χ2v) is 24.7. The highest BCUT2D eigenvalue weighted by molar-refractivity contribution is 8.76. The molecule has 388 valence electrons. The molecular formula is C40H51N6O18P3S4. The van der Waals surface area contributed by atoms with E-state index in [9.17, 15) is 37.9 Å². The number of benzene rings is 2. The summed E-state index contributed by atoms with van der Waals surface area (Å²) < 4.78 is 78.4. The molecular weight excluding hydrogens is 1070 g/mol. The number of hydrogen-bond donors (Lipinski definition) is 7. The Hall–Kier alpha value is -3.52. The number of nitrogen functional groups attached to an aromatic ring is 1. The van der Waals surface area contributed by atoms with E-state index in [2.05, 4.69) is 35.7 Å². The first-order valence-corrected chi connectivity index (χ1v) is 30.6. The molecule has 5 unspecified atom stereocenters. The predicted octanol–water partition coefficient (Wildman–Crippen LogP) is 6.15. The Kier molecular flexibility index (Phi) is 22.3. The highest BCUT2D eigenvalue weighted by Crippen LogP contribution is 2.66. The summed E-state index contributed by atoms with van der Waals surface area (Å²) in [5.41, 5.74) is 14.3. The molecule has 0 radical (unpaired) electrons. The molecule has 71 heavy (non-hydrogen) atoms. The van der Waals surface area contributed by atoms with Crippen molar-refractivity contribution in [3.8, 4) is 11.8 Å². The number of nitrogens with zero attached hydrogens (tertiary/aromatic N) is 3. The van der Waals surface area contributed by atoms with Crippen molar-refractivity contribution in [3.05, 3.63) is 82.8 Å². The molecule has 4 aromatic rings. The van der Waals surface area contributed by atoms with Crippen LogP contribution in [0.1, 0.15) is 74.4 Å². The maximum Gasteiger partial charge on any atom is 0.490 e. The molecule has 0 saturated carbocycles. The molecule has 1 aliphatic rings. The number of hydrogen-bond acceptors (Lipinski definition) is 22. The molecule has 7 atom stereocenters.